The number of carbonyl (C=O) groups excluding carboxylic acids is 2. The average Bonchev–Trinajstić information content (AvgIpc) is 2.66. The Morgan fingerprint density at radius 1 is 1.31 bits per heavy atom. The third kappa shape index (κ3) is 5.97. The van der Waals surface area contributed by atoms with Crippen molar-refractivity contribution >= 4 is 62.8 Å². The molecule has 0 bridgehead atoms. The van der Waals surface area contributed by atoms with Gasteiger partial charge in [0.15, 0.2) is 11.5 Å². The van der Waals surface area contributed by atoms with Crippen LogP contribution in [0, 0.1) is 11.3 Å². The second-order valence-corrected chi connectivity index (χ2v) is 7.22. The standard InChI is InChI=1S/C20H15BrCl2N2O4/c1-3-28-17-9-12(8-14(21)19(17)29-11(2)26)7-13(10-24)20(27)25-16-6-4-5-15(22)18(16)23/h4-9H,3H2,1-2H3,(H,25,27)/b13-7+. The monoisotopic (exact) mass is 496 g/mol. The number of nitrogens with zero attached hydrogens (tertiary/aromatic N) is 1. The van der Waals surface area contributed by atoms with E-state index in [1.54, 1.807) is 37.3 Å². The predicted molar refractivity (Wildman–Crippen MR) is 115 cm³/mol. The molecule has 2 rings (SSSR count). The van der Waals surface area contributed by atoms with Crippen LogP contribution in [0.25, 0.3) is 6.08 Å². The van der Waals surface area contributed by atoms with E-state index in [0.29, 0.717) is 22.4 Å². The van der Waals surface area contributed by atoms with Gasteiger partial charge in [-0.3, -0.25) is 9.59 Å². The molecule has 2 aromatic carbocycles. The number of rotatable bonds is 6. The van der Waals surface area contributed by atoms with Gasteiger partial charge in [-0.1, -0.05) is 29.3 Å². The third-order valence-electron chi connectivity index (χ3n) is 3.45. The van der Waals surface area contributed by atoms with Crippen molar-refractivity contribution in [3.05, 3.63) is 56.0 Å². The summed E-state index contributed by atoms with van der Waals surface area (Å²) in [5, 5.41) is 12.4. The molecule has 1 amide bonds. The molecule has 0 spiro atoms. The van der Waals surface area contributed by atoms with Gasteiger partial charge in [0.2, 0.25) is 0 Å². The lowest BCUT2D eigenvalue weighted by Crippen LogP contribution is -2.13. The first kappa shape index (κ1) is 22.8. The Morgan fingerprint density at radius 3 is 2.66 bits per heavy atom. The summed E-state index contributed by atoms with van der Waals surface area (Å²) in [7, 11) is 0. The number of ether oxygens (including phenoxy) is 2. The summed E-state index contributed by atoms with van der Waals surface area (Å²) >= 11 is 15.3. The second-order valence-electron chi connectivity index (χ2n) is 5.58. The quantitative estimate of drug-likeness (QED) is 0.242. The minimum absolute atomic E-state index is 0.171. The molecular formula is C20H15BrCl2N2O4. The van der Waals surface area contributed by atoms with Crippen molar-refractivity contribution in [1.29, 1.82) is 5.26 Å². The number of esters is 1. The number of benzene rings is 2. The van der Waals surface area contributed by atoms with Crippen LogP contribution in [0.1, 0.15) is 19.4 Å². The van der Waals surface area contributed by atoms with E-state index >= 15 is 0 Å². The molecule has 0 radical (unpaired) electrons. The second kappa shape index (κ2) is 10.3. The first-order valence-electron chi connectivity index (χ1n) is 8.28. The molecule has 0 heterocycles. The van der Waals surface area contributed by atoms with Crippen molar-refractivity contribution in [2.24, 2.45) is 0 Å². The number of anilines is 1. The first-order valence-corrected chi connectivity index (χ1v) is 9.83. The lowest BCUT2D eigenvalue weighted by atomic mass is 10.1. The molecule has 9 heteroatoms. The number of halogens is 3. The van der Waals surface area contributed by atoms with Crippen LogP contribution in [0.15, 0.2) is 40.4 Å². The van der Waals surface area contributed by atoms with E-state index in [-0.39, 0.29) is 27.1 Å². The molecule has 0 saturated heterocycles. The maximum absolute atomic E-state index is 12.5. The highest BCUT2D eigenvalue weighted by molar-refractivity contribution is 9.10. The van der Waals surface area contributed by atoms with Crippen LogP contribution in [0.4, 0.5) is 5.69 Å². The molecule has 0 aliphatic carbocycles. The van der Waals surface area contributed by atoms with Crippen LogP contribution < -0.4 is 14.8 Å². The summed E-state index contributed by atoms with van der Waals surface area (Å²) in [6.07, 6.45) is 1.37. The first-order chi connectivity index (χ1) is 13.8. The van der Waals surface area contributed by atoms with Crippen molar-refractivity contribution in [3.8, 4) is 17.6 Å². The van der Waals surface area contributed by atoms with Gasteiger partial charge in [0.05, 0.1) is 26.8 Å². The van der Waals surface area contributed by atoms with Gasteiger partial charge in [0.25, 0.3) is 5.91 Å². The largest absolute Gasteiger partial charge is 0.490 e. The Kier molecular flexibility index (Phi) is 8.09. The Balaban J connectivity index is 2.39. The van der Waals surface area contributed by atoms with Gasteiger partial charge in [-0.2, -0.15) is 5.26 Å². The van der Waals surface area contributed by atoms with Crippen LogP contribution in [-0.4, -0.2) is 18.5 Å². The van der Waals surface area contributed by atoms with Crippen molar-refractivity contribution < 1.29 is 19.1 Å². The Morgan fingerprint density at radius 2 is 2.03 bits per heavy atom. The predicted octanol–water partition coefficient (Wildman–Crippen LogP) is 5.63. The summed E-state index contributed by atoms with van der Waals surface area (Å²) in [5.74, 6) is -0.663. The molecule has 0 atom stereocenters. The smallest absolute Gasteiger partial charge is 0.308 e. The van der Waals surface area contributed by atoms with Crippen LogP contribution in [0.3, 0.4) is 0 Å². The van der Waals surface area contributed by atoms with E-state index in [9.17, 15) is 14.9 Å². The van der Waals surface area contributed by atoms with Gasteiger partial charge < -0.3 is 14.8 Å². The van der Waals surface area contributed by atoms with Crippen LogP contribution in [0.5, 0.6) is 11.5 Å². The van der Waals surface area contributed by atoms with Crippen LogP contribution in [-0.2, 0) is 9.59 Å². The number of nitriles is 1. The molecule has 0 aliphatic rings. The maximum atomic E-state index is 12.5. The van der Waals surface area contributed by atoms with Gasteiger partial charge in [0, 0.05) is 6.92 Å². The van der Waals surface area contributed by atoms with E-state index in [1.807, 2.05) is 6.07 Å². The highest BCUT2D eigenvalue weighted by Gasteiger charge is 2.16. The molecule has 1 N–H and O–H groups in total. The van der Waals surface area contributed by atoms with E-state index < -0.39 is 11.9 Å². The molecule has 6 nitrogen and oxygen atoms in total. The number of nitrogens with one attached hydrogen (secondary N) is 1. The number of amides is 1. The molecule has 0 aliphatic heterocycles. The molecule has 0 saturated carbocycles. The van der Waals surface area contributed by atoms with Gasteiger partial charge in [-0.05, 0) is 58.8 Å². The summed E-state index contributed by atoms with van der Waals surface area (Å²) in [5.41, 5.74) is 0.599. The molecule has 150 valence electrons. The number of hydrogen-bond donors (Lipinski definition) is 1. The zero-order chi connectivity index (χ0) is 21.6. The summed E-state index contributed by atoms with van der Waals surface area (Å²) < 4.78 is 11.1. The Labute approximate surface area is 186 Å². The highest BCUT2D eigenvalue weighted by atomic mass is 79.9. The van der Waals surface area contributed by atoms with E-state index in [1.165, 1.54) is 13.0 Å². The minimum atomic E-state index is -0.658. The zero-order valence-corrected chi connectivity index (χ0v) is 18.5. The lowest BCUT2D eigenvalue weighted by Gasteiger charge is -2.13. The summed E-state index contributed by atoms with van der Waals surface area (Å²) in [6.45, 7) is 3.37. The fourth-order valence-corrected chi connectivity index (χ4v) is 3.17. The molecule has 0 aromatic heterocycles. The zero-order valence-electron chi connectivity index (χ0n) is 15.4. The Hall–Kier alpha value is -2.53. The third-order valence-corrected chi connectivity index (χ3v) is 4.86. The molecule has 0 unspecified atom stereocenters. The van der Waals surface area contributed by atoms with E-state index in [0.717, 1.165) is 0 Å². The van der Waals surface area contributed by atoms with E-state index in [4.69, 9.17) is 32.7 Å². The van der Waals surface area contributed by atoms with Gasteiger partial charge in [0.1, 0.15) is 11.6 Å². The topological polar surface area (TPSA) is 88.4 Å². The van der Waals surface area contributed by atoms with Gasteiger partial charge in [-0.25, -0.2) is 0 Å². The maximum Gasteiger partial charge on any atom is 0.308 e. The SMILES string of the molecule is CCOc1cc(/C=C(\C#N)C(=O)Nc2cccc(Cl)c2Cl)cc(Br)c1OC(C)=O. The summed E-state index contributed by atoms with van der Waals surface area (Å²) in [4.78, 5) is 23.8. The van der Waals surface area contributed by atoms with Gasteiger partial charge >= 0.3 is 5.97 Å². The number of carbonyl (C=O) groups is 2. The van der Waals surface area contributed by atoms with Crippen molar-refractivity contribution in [2.45, 2.75) is 13.8 Å². The van der Waals surface area contributed by atoms with E-state index in [2.05, 4.69) is 21.2 Å². The highest BCUT2D eigenvalue weighted by Crippen LogP contribution is 2.38. The molecular weight excluding hydrogens is 483 g/mol. The van der Waals surface area contributed by atoms with Crippen molar-refractivity contribution in [2.75, 3.05) is 11.9 Å². The summed E-state index contributed by atoms with van der Waals surface area (Å²) in [6, 6.07) is 9.78. The minimum Gasteiger partial charge on any atom is -0.490 e. The van der Waals surface area contributed by atoms with Crippen LogP contribution >= 0.6 is 39.1 Å². The molecule has 29 heavy (non-hydrogen) atoms. The lowest BCUT2D eigenvalue weighted by molar-refractivity contribution is -0.132. The number of hydrogen-bond acceptors (Lipinski definition) is 5. The van der Waals surface area contributed by atoms with Crippen molar-refractivity contribution in [1.82, 2.24) is 0 Å². The molecule has 0 fully saturated rings. The Bertz CT molecular complexity index is 1030. The van der Waals surface area contributed by atoms with Crippen molar-refractivity contribution in [3.63, 3.8) is 0 Å². The van der Waals surface area contributed by atoms with Crippen LogP contribution in [0.2, 0.25) is 10.0 Å². The fraction of sp³-hybridized carbons (Fsp3) is 0.150. The fourth-order valence-electron chi connectivity index (χ4n) is 2.28. The average molecular weight is 498 g/mol. The normalized spacial score (nSPS) is 10.8. The molecule has 2 aromatic rings. The van der Waals surface area contributed by atoms with Gasteiger partial charge in [-0.15, -0.1) is 0 Å².